The van der Waals surface area contributed by atoms with Gasteiger partial charge in [-0.3, -0.25) is 0 Å². The lowest BCUT2D eigenvalue weighted by Gasteiger charge is -2.36. The van der Waals surface area contributed by atoms with E-state index in [1.165, 1.54) is 11.3 Å². The predicted octanol–water partition coefficient (Wildman–Crippen LogP) is 7.59. The SMILES string of the molecule is COc1ccc([C@H](Cc2c(Cl)c[nH+]cc2Cl)OC(=O)c2ccc(CCO[Si](C)(C)C(C)(C)C)s2)cc1OC. The van der Waals surface area contributed by atoms with Crippen LogP contribution in [0.25, 0.3) is 0 Å². The lowest BCUT2D eigenvalue weighted by molar-refractivity contribution is -0.377. The molecule has 0 spiro atoms. The van der Waals surface area contributed by atoms with Crippen LogP contribution in [0.1, 0.15) is 52.6 Å². The second kappa shape index (κ2) is 12.8. The maximum atomic E-state index is 13.3. The number of esters is 1. The molecule has 38 heavy (non-hydrogen) atoms. The smallest absolute Gasteiger partial charge is 0.348 e. The van der Waals surface area contributed by atoms with Crippen LogP contribution in [0.3, 0.4) is 0 Å². The lowest BCUT2D eigenvalue weighted by atomic mass is 10.0. The number of ether oxygens (including phenoxy) is 3. The van der Waals surface area contributed by atoms with Crippen molar-refractivity contribution in [2.24, 2.45) is 0 Å². The van der Waals surface area contributed by atoms with E-state index >= 15 is 0 Å². The van der Waals surface area contributed by atoms with Crippen molar-refractivity contribution in [2.45, 2.75) is 57.8 Å². The molecule has 0 aliphatic rings. The topological polar surface area (TPSA) is 68.1 Å². The molecule has 0 unspecified atom stereocenters. The molecule has 1 atom stereocenters. The van der Waals surface area contributed by atoms with Gasteiger partial charge in [0.25, 0.3) is 0 Å². The molecule has 6 nitrogen and oxygen atoms in total. The molecule has 10 heteroatoms. The van der Waals surface area contributed by atoms with Gasteiger partial charge in [-0.25, -0.2) is 9.78 Å². The number of halogens is 2. The van der Waals surface area contributed by atoms with Gasteiger partial charge < -0.3 is 18.6 Å². The minimum absolute atomic E-state index is 0.152. The predicted molar refractivity (Wildman–Crippen MR) is 156 cm³/mol. The molecule has 0 bridgehead atoms. The lowest BCUT2D eigenvalue weighted by Crippen LogP contribution is -2.41. The van der Waals surface area contributed by atoms with Gasteiger partial charge in [-0.05, 0) is 48.0 Å². The average molecular weight is 598 g/mol. The largest absolute Gasteiger partial charge is 0.493 e. The highest BCUT2D eigenvalue weighted by Crippen LogP contribution is 2.37. The highest BCUT2D eigenvalue weighted by atomic mass is 35.5. The van der Waals surface area contributed by atoms with E-state index in [2.05, 4.69) is 38.8 Å². The van der Waals surface area contributed by atoms with Crippen molar-refractivity contribution in [3.63, 3.8) is 0 Å². The van der Waals surface area contributed by atoms with Crippen molar-refractivity contribution in [2.75, 3.05) is 20.8 Å². The Balaban J connectivity index is 1.80. The molecule has 3 rings (SSSR count). The van der Waals surface area contributed by atoms with E-state index in [9.17, 15) is 4.79 Å². The number of rotatable bonds is 11. The Labute approximate surface area is 240 Å². The molecule has 0 saturated heterocycles. The number of aromatic nitrogens is 1. The van der Waals surface area contributed by atoms with Crippen LogP contribution in [-0.2, 0) is 22.0 Å². The number of nitrogens with one attached hydrogen (secondary N) is 1. The van der Waals surface area contributed by atoms with Crippen molar-refractivity contribution in [1.29, 1.82) is 0 Å². The second-order valence-corrected chi connectivity index (χ2v) is 17.3. The Morgan fingerprint density at radius 3 is 2.29 bits per heavy atom. The maximum Gasteiger partial charge on any atom is 0.348 e. The van der Waals surface area contributed by atoms with Crippen molar-refractivity contribution < 1.29 is 28.4 Å². The first-order valence-electron chi connectivity index (χ1n) is 12.4. The summed E-state index contributed by atoms with van der Waals surface area (Å²) in [4.78, 5) is 17.8. The van der Waals surface area contributed by atoms with E-state index < -0.39 is 20.4 Å². The third kappa shape index (κ3) is 7.51. The van der Waals surface area contributed by atoms with E-state index in [0.29, 0.717) is 38.6 Å². The molecule has 2 heterocycles. The molecule has 3 aromatic rings. The molecule has 1 N–H and O–H groups in total. The second-order valence-electron chi connectivity index (χ2n) is 10.5. The Morgan fingerprint density at radius 2 is 1.68 bits per heavy atom. The molecule has 206 valence electrons. The zero-order valence-electron chi connectivity index (χ0n) is 22.9. The minimum atomic E-state index is -1.82. The van der Waals surface area contributed by atoms with Gasteiger partial charge in [0, 0.05) is 29.9 Å². The number of methoxy groups -OCH3 is 2. The molecule has 2 aromatic heterocycles. The fourth-order valence-electron chi connectivity index (χ4n) is 3.57. The van der Waals surface area contributed by atoms with Crippen molar-refractivity contribution in [3.8, 4) is 11.5 Å². The zero-order valence-corrected chi connectivity index (χ0v) is 26.3. The van der Waals surface area contributed by atoms with Gasteiger partial charge >= 0.3 is 5.97 Å². The van der Waals surface area contributed by atoms with Gasteiger partial charge in [-0.2, -0.15) is 0 Å². The van der Waals surface area contributed by atoms with Crippen LogP contribution >= 0.6 is 34.5 Å². The summed E-state index contributed by atoms with van der Waals surface area (Å²) in [5, 5.41) is 1.07. The number of carbonyl (C=O) groups is 1. The van der Waals surface area contributed by atoms with Gasteiger partial charge in [-0.1, -0.05) is 50.0 Å². The van der Waals surface area contributed by atoms with Crippen LogP contribution in [0.15, 0.2) is 42.7 Å². The Hall–Kier alpha value is -2.10. The number of carbonyl (C=O) groups excluding carboxylic acids is 1. The normalized spacial score (nSPS) is 12.8. The van der Waals surface area contributed by atoms with E-state index in [4.69, 9.17) is 41.8 Å². The van der Waals surface area contributed by atoms with E-state index in [0.717, 1.165) is 16.9 Å². The highest BCUT2D eigenvalue weighted by Gasteiger charge is 2.37. The standard InChI is InChI=1S/C28H35Cl2NO5SSi/c1-28(2,3)38(6,7)35-13-12-19-9-11-26(37-19)27(32)36-24(15-20-21(29)16-31-17-22(20)30)18-8-10-23(33-4)25(14-18)34-5/h8-11,14,16-17,24H,12-13,15H2,1-7H3/p+1/t24-/m0/s1. The Bertz CT molecular complexity index is 1240. The Kier molecular flexibility index (Phi) is 10.3. The van der Waals surface area contributed by atoms with E-state index in [1.807, 2.05) is 12.1 Å². The summed E-state index contributed by atoms with van der Waals surface area (Å²) in [7, 11) is 1.31. The summed E-state index contributed by atoms with van der Waals surface area (Å²) >= 11 is 14.3. The number of benzene rings is 1. The van der Waals surface area contributed by atoms with Gasteiger partial charge in [0.2, 0.25) is 0 Å². The first kappa shape index (κ1) is 30.4. The first-order valence-corrected chi connectivity index (χ1v) is 16.8. The average Bonchev–Trinajstić information content (AvgIpc) is 3.33. The van der Waals surface area contributed by atoms with Crippen LogP contribution in [0.4, 0.5) is 0 Å². The fraction of sp³-hybridized carbons (Fsp3) is 0.429. The number of aromatic amines is 1. The van der Waals surface area contributed by atoms with Gasteiger partial charge in [0.1, 0.15) is 21.0 Å². The summed E-state index contributed by atoms with van der Waals surface area (Å²) in [6, 6.07) is 9.18. The number of hydrogen-bond donors (Lipinski definition) is 0. The number of thiophene rings is 1. The van der Waals surface area contributed by atoms with Crippen molar-refractivity contribution >= 4 is 48.8 Å². The number of H-pyrrole nitrogens is 1. The third-order valence-corrected chi connectivity index (χ3v) is 13.2. The molecule has 0 aliphatic carbocycles. The van der Waals surface area contributed by atoms with Crippen LogP contribution in [-0.4, -0.2) is 35.1 Å². The molecule has 1 aromatic carbocycles. The molecule has 0 saturated carbocycles. The summed E-state index contributed by atoms with van der Waals surface area (Å²) in [5.41, 5.74) is 1.41. The Morgan fingerprint density at radius 1 is 1.03 bits per heavy atom. The number of hydrogen-bond acceptors (Lipinski definition) is 6. The van der Waals surface area contributed by atoms with Crippen molar-refractivity contribution in [3.05, 3.63) is 73.7 Å². The van der Waals surface area contributed by atoms with E-state index in [-0.39, 0.29) is 11.5 Å². The summed E-state index contributed by atoms with van der Waals surface area (Å²) in [6.45, 7) is 11.8. The molecule has 0 amide bonds. The minimum Gasteiger partial charge on any atom is -0.493 e. The zero-order chi connectivity index (χ0) is 28.1. The van der Waals surface area contributed by atoms with Gasteiger partial charge in [0.15, 0.2) is 32.2 Å². The molecule has 0 aliphatic heterocycles. The molecule has 0 fully saturated rings. The van der Waals surface area contributed by atoms with Crippen LogP contribution < -0.4 is 14.5 Å². The van der Waals surface area contributed by atoms with Crippen LogP contribution in [0.5, 0.6) is 11.5 Å². The van der Waals surface area contributed by atoms with Crippen LogP contribution in [0.2, 0.25) is 28.2 Å². The fourth-order valence-corrected chi connectivity index (χ4v) is 6.02. The quantitative estimate of drug-likeness (QED) is 0.168. The summed E-state index contributed by atoms with van der Waals surface area (Å²) in [5.74, 6) is 0.695. The van der Waals surface area contributed by atoms with Gasteiger partial charge in [-0.15, -0.1) is 11.3 Å². The molecular weight excluding hydrogens is 561 g/mol. The maximum absolute atomic E-state index is 13.3. The monoisotopic (exact) mass is 596 g/mol. The third-order valence-electron chi connectivity index (χ3n) is 6.90. The molecular formula is C28H36Cl2NO5SSi+. The van der Waals surface area contributed by atoms with Gasteiger partial charge in [0.05, 0.1) is 14.2 Å². The van der Waals surface area contributed by atoms with Crippen LogP contribution in [0, 0.1) is 0 Å². The summed E-state index contributed by atoms with van der Waals surface area (Å²) < 4.78 is 23.2. The highest BCUT2D eigenvalue weighted by molar-refractivity contribution is 7.13. The number of pyridine rings is 1. The first-order chi connectivity index (χ1) is 17.9. The molecule has 0 radical (unpaired) electrons. The van der Waals surface area contributed by atoms with Crippen molar-refractivity contribution in [1.82, 2.24) is 0 Å². The van der Waals surface area contributed by atoms with E-state index in [1.54, 1.807) is 44.8 Å². The summed E-state index contributed by atoms with van der Waals surface area (Å²) in [6.07, 6.45) is 3.66.